The summed E-state index contributed by atoms with van der Waals surface area (Å²) < 4.78 is 11.1. The zero-order chi connectivity index (χ0) is 18.7. The highest BCUT2D eigenvalue weighted by molar-refractivity contribution is 5.68. The predicted molar refractivity (Wildman–Crippen MR) is 97.3 cm³/mol. The van der Waals surface area contributed by atoms with Crippen LogP contribution in [0.15, 0.2) is 40.8 Å². The third-order valence-electron chi connectivity index (χ3n) is 3.52. The predicted octanol–water partition coefficient (Wildman–Crippen LogP) is 4.06. The van der Waals surface area contributed by atoms with Gasteiger partial charge in [0.15, 0.2) is 5.76 Å². The summed E-state index contributed by atoms with van der Waals surface area (Å²) in [4.78, 5) is 16.2. The number of benzene rings is 1. The van der Waals surface area contributed by atoms with Gasteiger partial charge in [0.1, 0.15) is 12.3 Å². The van der Waals surface area contributed by atoms with Crippen molar-refractivity contribution in [1.82, 2.24) is 20.5 Å². The molecule has 26 heavy (non-hydrogen) atoms. The number of amides is 1. The van der Waals surface area contributed by atoms with Gasteiger partial charge in [-0.25, -0.2) is 9.78 Å². The Hall–Kier alpha value is -3.09. The number of rotatable bonds is 4. The molecule has 0 fully saturated rings. The smallest absolute Gasteiger partial charge is 0.407 e. The molecular formula is C19H22N4O3. The Kier molecular flexibility index (Phi) is 4.79. The van der Waals surface area contributed by atoms with Gasteiger partial charge in [0, 0.05) is 11.1 Å². The molecule has 0 aliphatic carbocycles. The summed E-state index contributed by atoms with van der Waals surface area (Å²) in [5, 5.41) is 9.83. The van der Waals surface area contributed by atoms with Gasteiger partial charge in [-0.1, -0.05) is 18.2 Å². The number of alkyl carbamates (subject to hydrolysis) is 1. The summed E-state index contributed by atoms with van der Waals surface area (Å²) in [7, 11) is 0. The van der Waals surface area contributed by atoms with Crippen LogP contribution >= 0.6 is 0 Å². The number of hydrogen-bond acceptors (Lipinski definition) is 5. The molecule has 136 valence electrons. The average molecular weight is 354 g/mol. The summed E-state index contributed by atoms with van der Waals surface area (Å²) in [5.74, 6) is 1.13. The number of carbonyl (C=O) groups is 1. The second-order valence-corrected chi connectivity index (χ2v) is 7.03. The second-order valence-electron chi connectivity index (χ2n) is 7.03. The lowest BCUT2D eigenvalue weighted by atomic mass is 10.1. The lowest BCUT2D eigenvalue weighted by Gasteiger charge is -2.19. The fourth-order valence-electron chi connectivity index (χ4n) is 2.38. The Morgan fingerprint density at radius 2 is 2.00 bits per heavy atom. The maximum atomic E-state index is 11.7. The monoisotopic (exact) mass is 354 g/mol. The van der Waals surface area contributed by atoms with Crippen LogP contribution in [0.25, 0.3) is 22.9 Å². The molecule has 3 aromatic rings. The van der Waals surface area contributed by atoms with E-state index in [-0.39, 0.29) is 12.1 Å². The number of nitrogens with zero attached hydrogens (tertiary/aromatic N) is 2. The molecule has 0 unspecified atom stereocenters. The first-order valence-electron chi connectivity index (χ1n) is 8.34. The first kappa shape index (κ1) is 17.7. The number of aryl methyl sites for hydroxylation is 1. The Morgan fingerprint density at radius 3 is 2.69 bits per heavy atom. The number of aromatic amines is 1. The molecule has 0 atom stereocenters. The van der Waals surface area contributed by atoms with Gasteiger partial charge in [-0.15, -0.1) is 0 Å². The van der Waals surface area contributed by atoms with Gasteiger partial charge in [0.05, 0.1) is 11.4 Å². The summed E-state index contributed by atoms with van der Waals surface area (Å²) in [5.41, 5.74) is 2.59. The van der Waals surface area contributed by atoms with E-state index in [1.165, 1.54) is 0 Å². The van der Waals surface area contributed by atoms with Crippen LogP contribution in [0.5, 0.6) is 0 Å². The molecule has 0 bridgehead atoms. The zero-order valence-corrected chi connectivity index (χ0v) is 15.3. The standard InChI is InChI=1S/C19H22N4O3/c1-12-16(26-17(20-12)13-8-6-5-7-9-13)15-10-14(22-23-15)11-25-18(24)21-19(2,3)4/h5-10H,11H2,1-4H3,(H,21,24)(H,22,23). The van der Waals surface area contributed by atoms with Crippen LogP contribution in [0.2, 0.25) is 0 Å². The van der Waals surface area contributed by atoms with Crippen LogP contribution < -0.4 is 5.32 Å². The van der Waals surface area contributed by atoms with E-state index in [2.05, 4.69) is 20.5 Å². The molecule has 2 heterocycles. The summed E-state index contributed by atoms with van der Waals surface area (Å²) in [6.45, 7) is 7.62. The van der Waals surface area contributed by atoms with Crippen molar-refractivity contribution in [1.29, 1.82) is 0 Å². The van der Waals surface area contributed by atoms with Crippen molar-refractivity contribution in [2.24, 2.45) is 0 Å². The van der Waals surface area contributed by atoms with Crippen LogP contribution in [0.1, 0.15) is 32.2 Å². The fraction of sp³-hybridized carbons (Fsp3) is 0.316. The summed E-state index contributed by atoms with van der Waals surface area (Å²) in [6.07, 6.45) is -0.476. The van der Waals surface area contributed by atoms with E-state index in [1.807, 2.05) is 58.0 Å². The normalized spacial score (nSPS) is 11.4. The van der Waals surface area contributed by atoms with Crippen LogP contribution in [-0.2, 0) is 11.3 Å². The largest absolute Gasteiger partial charge is 0.443 e. The number of nitrogens with one attached hydrogen (secondary N) is 2. The highest BCUT2D eigenvalue weighted by atomic mass is 16.5. The molecule has 7 nitrogen and oxygen atoms in total. The van der Waals surface area contributed by atoms with E-state index in [1.54, 1.807) is 6.07 Å². The second kappa shape index (κ2) is 7.03. The first-order chi connectivity index (χ1) is 12.3. The van der Waals surface area contributed by atoms with E-state index in [0.29, 0.717) is 23.0 Å². The van der Waals surface area contributed by atoms with Crippen molar-refractivity contribution in [2.75, 3.05) is 0 Å². The number of carbonyl (C=O) groups excluding carboxylic acids is 1. The number of oxazole rings is 1. The van der Waals surface area contributed by atoms with Gasteiger partial charge in [0.25, 0.3) is 0 Å². The number of hydrogen-bond donors (Lipinski definition) is 2. The lowest BCUT2D eigenvalue weighted by molar-refractivity contribution is 0.130. The van der Waals surface area contributed by atoms with Crippen molar-refractivity contribution in [2.45, 2.75) is 39.8 Å². The van der Waals surface area contributed by atoms with E-state index in [9.17, 15) is 4.79 Å². The van der Waals surface area contributed by atoms with Gasteiger partial charge in [0.2, 0.25) is 5.89 Å². The van der Waals surface area contributed by atoms with Gasteiger partial charge >= 0.3 is 6.09 Å². The van der Waals surface area contributed by atoms with Gasteiger partial charge in [-0.3, -0.25) is 5.10 Å². The Labute approximate surface area is 151 Å². The van der Waals surface area contributed by atoms with Crippen LogP contribution in [-0.4, -0.2) is 26.8 Å². The summed E-state index contributed by atoms with van der Waals surface area (Å²) >= 11 is 0. The van der Waals surface area contributed by atoms with Crippen LogP contribution in [0.3, 0.4) is 0 Å². The van der Waals surface area contributed by atoms with Crippen LogP contribution in [0.4, 0.5) is 4.79 Å². The summed E-state index contributed by atoms with van der Waals surface area (Å²) in [6, 6.07) is 11.5. The van der Waals surface area contributed by atoms with E-state index in [0.717, 1.165) is 11.3 Å². The van der Waals surface area contributed by atoms with E-state index in [4.69, 9.17) is 9.15 Å². The molecule has 1 aromatic carbocycles. The van der Waals surface area contributed by atoms with Crippen molar-refractivity contribution < 1.29 is 13.9 Å². The Balaban J connectivity index is 1.70. The van der Waals surface area contributed by atoms with Crippen molar-refractivity contribution >= 4 is 6.09 Å². The molecule has 0 radical (unpaired) electrons. The van der Waals surface area contributed by atoms with Crippen molar-refractivity contribution in [3.8, 4) is 22.9 Å². The molecule has 2 N–H and O–H groups in total. The molecule has 0 spiro atoms. The topological polar surface area (TPSA) is 93.0 Å². The Bertz CT molecular complexity index is 891. The van der Waals surface area contributed by atoms with Crippen molar-refractivity contribution in [3.63, 3.8) is 0 Å². The SMILES string of the molecule is Cc1nc(-c2ccccc2)oc1-c1cc(COC(=O)NC(C)(C)C)[nH]n1. The van der Waals surface area contributed by atoms with Gasteiger partial charge in [-0.2, -0.15) is 5.10 Å². The quantitative estimate of drug-likeness (QED) is 0.737. The van der Waals surface area contributed by atoms with E-state index >= 15 is 0 Å². The minimum atomic E-state index is -0.476. The third kappa shape index (κ3) is 4.30. The molecule has 0 saturated heterocycles. The molecular weight excluding hydrogens is 332 g/mol. The fourth-order valence-corrected chi connectivity index (χ4v) is 2.38. The molecule has 7 heteroatoms. The lowest BCUT2D eigenvalue weighted by Crippen LogP contribution is -2.40. The maximum absolute atomic E-state index is 11.7. The highest BCUT2D eigenvalue weighted by Crippen LogP contribution is 2.28. The highest BCUT2D eigenvalue weighted by Gasteiger charge is 2.17. The third-order valence-corrected chi connectivity index (χ3v) is 3.52. The van der Waals surface area contributed by atoms with Crippen molar-refractivity contribution in [3.05, 3.63) is 47.8 Å². The zero-order valence-electron chi connectivity index (χ0n) is 15.3. The van der Waals surface area contributed by atoms with Gasteiger partial charge in [-0.05, 0) is 45.9 Å². The molecule has 3 rings (SSSR count). The molecule has 2 aromatic heterocycles. The molecule has 0 aliphatic rings. The first-order valence-corrected chi connectivity index (χ1v) is 8.34. The maximum Gasteiger partial charge on any atom is 0.407 e. The van der Waals surface area contributed by atoms with Crippen LogP contribution in [0, 0.1) is 6.92 Å². The average Bonchev–Trinajstić information content (AvgIpc) is 3.18. The van der Waals surface area contributed by atoms with Gasteiger partial charge < -0.3 is 14.5 Å². The minimum Gasteiger partial charge on any atom is -0.443 e. The van der Waals surface area contributed by atoms with E-state index < -0.39 is 6.09 Å². The molecule has 0 aliphatic heterocycles. The number of ether oxygens (including phenoxy) is 1. The molecule has 0 saturated carbocycles. The number of aromatic nitrogens is 3. The molecule has 1 amide bonds. The number of H-pyrrole nitrogens is 1. The minimum absolute atomic E-state index is 0.0909. The Morgan fingerprint density at radius 1 is 1.27 bits per heavy atom.